The number of esters is 2. The van der Waals surface area contributed by atoms with Gasteiger partial charge in [-0.2, -0.15) is 0 Å². The van der Waals surface area contributed by atoms with Crippen LogP contribution in [0.4, 0.5) is 4.79 Å². The average Bonchev–Trinajstić information content (AvgIpc) is 3.07. The lowest BCUT2D eigenvalue weighted by Crippen LogP contribution is -2.52. The summed E-state index contributed by atoms with van der Waals surface area (Å²) in [7, 11) is 0. The number of aliphatic hydroxyl groups is 1. The average molecular weight is 641 g/mol. The zero-order chi connectivity index (χ0) is 33.7. The minimum atomic E-state index is -2.00. The first-order valence-corrected chi connectivity index (χ1v) is 16.0. The highest BCUT2D eigenvalue weighted by molar-refractivity contribution is 5.87. The number of hydrogen-bond donors (Lipinski definition) is 4. The standard InChI is InChI=1S/C34H48N4O8/c1-4-23(2)29(37-30(39)28(36)17-11-12-20-35)31(40)44-24(3)45-33(42)38-21-18-27(19-22-38)46-32(41)34(43,25-13-7-5-8-14-25)26-15-9-6-10-16-26/h5-10,13-16,23-24,27-29,43H,4,11-12,17-22,35-36H2,1-3H3,(H,37,39)/t23-,24?,28-,29?/m0/s1. The molecule has 4 atom stereocenters. The van der Waals surface area contributed by atoms with Crippen molar-refractivity contribution >= 4 is 23.9 Å². The lowest BCUT2D eigenvalue weighted by atomic mass is 9.86. The first-order valence-electron chi connectivity index (χ1n) is 16.0. The number of carbonyl (C=O) groups excluding carboxylic acids is 4. The van der Waals surface area contributed by atoms with Crippen molar-refractivity contribution < 1.29 is 38.5 Å². The van der Waals surface area contributed by atoms with Crippen molar-refractivity contribution in [3.8, 4) is 0 Å². The molecule has 1 fully saturated rings. The van der Waals surface area contributed by atoms with Crippen LogP contribution in [0.1, 0.15) is 70.4 Å². The van der Waals surface area contributed by atoms with Gasteiger partial charge in [-0.1, -0.05) is 87.4 Å². The second-order valence-corrected chi connectivity index (χ2v) is 11.7. The summed E-state index contributed by atoms with van der Waals surface area (Å²) >= 11 is 0. The predicted molar refractivity (Wildman–Crippen MR) is 171 cm³/mol. The van der Waals surface area contributed by atoms with Crippen molar-refractivity contribution in [2.45, 2.75) is 89.4 Å². The molecule has 0 aromatic heterocycles. The van der Waals surface area contributed by atoms with Gasteiger partial charge in [0.05, 0.1) is 6.04 Å². The molecule has 1 aliphatic rings. The lowest BCUT2D eigenvalue weighted by Gasteiger charge is -2.34. The van der Waals surface area contributed by atoms with Gasteiger partial charge in [0.1, 0.15) is 12.1 Å². The Balaban J connectivity index is 1.52. The summed E-state index contributed by atoms with van der Waals surface area (Å²) in [6, 6.07) is 15.5. The molecule has 0 spiro atoms. The molecule has 1 heterocycles. The minimum Gasteiger partial charge on any atom is -0.460 e. The summed E-state index contributed by atoms with van der Waals surface area (Å²) < 4.78 is 16.5. The second-order valence-electron chi connectivity index (χ2n) is 11.7. The first kappa shape index (κ1) is 36.5. The summed E-state index contributed by atoms with van der Waals surface area (Å²) in [6.45, 7) is 6.06. The van der Waals surface area contributed by atoms with Crippen LogP contribution in [0.5, 0.6) is 0 Å². The fraction of sp³-hybridized carbons (Fsp3) is 0.529. The largest absolute Gasteiger partial charge is 0.460 e. The molecule has 2 aromatic rings. The molecule has 46 heavy (non-hydrogen) atoms. The van der Waals surface area contributed by atoms with Gasteiger partial charge in [-0.15, -0.1) is 0 Å². The number of rotatable bonds is 15. The Morgan fingerprint density at radius 3 is 2.04 bits per heavy atom. The molecule has 2 amide bonds. The highest BCUT2D eigenvalue weighted by Gasteiger charge is 2.43. The molecule has 0 radical (unpaired) electrons. The Labute approximate surface area is 270 Å². The zero-order valence-electron chi connectivity index (χ0n) is 26.9. The Morgan fingerprint density at radius 1 is 0.957 bits per heavy atom. The number of nitrogens with two attached hydrogens (primary N) is 2. The molecule has 252 valence electrons. The third-order valence-electron chi connectivity index (χ3n) is 8.27. The lowest BCUT2D eigenvalue weighted by molar-refractivity contribution is -0.172. The Hall–Kier alpha value is -4.00. The van der Waals surface area contributed by atoms with Crippen LogP contribution in [0.2, 0.25) is 0 Å². The number of hydrogen-bond acceptors (Lipinski definition) is 10. The molecule has 1 aliphatic heterocycles. The van der Waals surface area contributed by atoms with E-state index < -0.39 is 54.0 Å². The zero-order valence-corrected chi connectivity index (χ0v) is 26.9. The summed E-state index contributed by atoms with van der Waals surface area (Å²) in [6.07, 6.45) is 0.665. The maximum absolute atomic E-state index is 13.4. The van der Waals surface area contributed by atoms with Crippen LogP contribution in [-0.4, -0.2) is 78.1 Å². The number of amides is 2. The second kappa shape index (κ2) is 17.6. The normalized spacial score (nSPS) is 16.4. The molecule has 0 saturated carbocycles. The predicted octanol–water partition coefficient (Wildman–Crippen LogP) is 2.94. The molecule has 3 rings (SSSR count). The SMILES string of the molecule is CC[C@H](C)C(NC(=O)[C@@H](N)CCCCN)C(=O)OC(C)OC(=O)N1CCC(OC(=O)C(O)(c2ccccc2)c2ccccc2)CC1. The van der Waals surface area contributed by atoms with Crippen molar-refractivity contribution in [1.29, 1.82) is 0 Å². The number of ether oxygens (including phenoxy) is 3. The maximum atomic E-state index is 13.4. The number of unbranched alkanes of at least 4 members (excludes halogenated alkanes) is 1. The van der Waals surface area contributed by atoms with E-state index in [1.807, 2.05) is 6.92 Å². The van der Waals surface area contributed by atoms with Crippen LogP contribution >= 0.6 is 0 Å². The number of carbonyl (C=O) groups is 4. The van der Waals surface area contributed by atoms with E-state index in [4.69, 9.17) is 25.7 Å². The number of nitrogens with one attached hydrogen (secondary N) is 1. The smallest absolute Gasteiger partial charge is 0.412 e. The monoisotopic (exact) mass is 640 g/mol. The van der Waals surface area contributed by atoms with Crippen molar-refractivity contribution in [2.24, 2.45) is 17.4 Å². The molecule has 0 bridgehead atoms. The van der Waals surface area contributed by atoms with E-state index in [2.05, 4.69) is 5.32 Å². The highest BCUT2D eigenvalue weighted by atomic mass is 16.7. The van der Waals surface area contributed by atoms with Gasteiger partial charge in [0.25, 0.3) is 0 Å². The molecule has 6 N–H and O–H groups in total. The molecule has 2 unspecified atom stereocenters. The van der Waals surface area contributed by atoms with Crippen molar-refractivity contribution in [3.63, 3.8) is 0 Å². The fourth-order valence-corrected chi connectivity index (χ4v) is 5.20. The summed E-state index contributed by atoms with van der Waals surface area (Å²) in [5, 5.41) is 14.3. The highest BCUT2D eigenvalue weighted by Crippen LogP contribution is 2.32. The van der Waals surface area contributed by atoms with Crippen LogP contribution in [0.3, 0.4) is 0 Å². The molecule has 1 saturated heterocycles. The summed E-state index contributed by atoms with van der Waals surface area (Å²) in [5.74, 6) is -2.24. The first-order chi connectivity index (χ1) is 22.0. The minimum absolute atomic E-state index is 0.222. The topological polar surface area (TPSA) is 184 Å². The van der Waals surface area contributed by atoms with E-state index >= 15 is 0 Å². The van der Waals surface area contributed by atoms with Gasteiger partial charge < -0.3 is 41.0 Å². The molecular formula is C34H48N4O8. The van der Waals surface area contributed by atoms with Crippen LogP contribution < -0.4 is 16.8 Å². The van der Waals surface area contributed by atoms with Gasteiger partial charge in [-0.25, -0.2) is 14.4 Å². The Kier molecular flexibility index (Phi) is 14.0. The number of piperidine rings is 1. The van der Waals surface area contributed by atoms with Crippen LogP contribution in [0.25, 0.3) is 0 Å². The Bertz CT molecular complexity index is 1230. The van der Waals surface area contributed by atoms with E-state index in [0.717, 1.165) is 6.42 Å². The van der Waals surface area contributed by atoms with E-state index in [1.165, 1.54) is 11.8 Å². The van der Waals surface area contributed by atoms with Gasteiger partial charge in [-0.3, -0.25) is 4.79 Å². The number of benzene rings is 2. The molecule has 2 aromatic carbocycles. The van der Waals surface area contributed by atoms with Crippen molar-refractivity contribution in [1.82, 2.24) is 10.2 Å². The van der Waals surface area contributed by atoms with Gasteiger partial charge in [0, 0.05) is 32.9 Å². The van der Waals surface area contributed by atoms with Gasteiger partial charge >= 0.3 is 18.0 Å². The van der Waals surface area contributed by atoms with Gasteiger partial charge in [0.15, 0.2) is 0 Å². The van der Waals surface area contributed by atoms with E-state index in [0.29, 0.717) is 49.8 Å². The van der Waals surface area contributed by atoms with Gasteiger partial charge in [-0.05, 0) is 36.4 Å². The molecule has 12 heteroatoms. The fourth-order valence-electron chi connectivity index (χ4n) is 5.20. The molecular weight excluding hydrogens is 592 g/mol. The summed E-state index contributed by atoms with van der Waals surface area (Å²) in [4.78, 5) is 53.3. The third-order valence-corrected chi connectivity index (χ3v) is 8.27. The number of likely N-dealkylation sites (tertiary alicyclic amines) is 1. The third kappa shape index (κ3) is 9.75. The van der Waals surface area contributed by atoms with Gasteiger partial charge in [0.2, 0.25) is 17.8 Å². The van der Waals surface area contributed by atoms with Crippen molar-refractivity contribution in [3.05, 3.63) is 71.8 Å². The Morgan fingerprint density at radius 2 is 1.52 bits per heavy atom. The number of nitrogens with zero attached hydrogens (tertiary/aromatic N) is 1. The van der Waals surface area contributed by atoms with Crippen molar-refractivity contribution in [2.75, 3.05) is 19.6 Å². The van der Waals surface area contributed by atoms with Crippen LogP contribution in [0, 0.1) is 5.92 Å². The summed E-state index contributed by atoms with van der Waals surface area (Å²) in [5.41, 5.74) is 10.3. The molecule has 0 aliphatic carbocycles. The van der Waals surface area contributed by atoms with E-state index in [1.54, 1.807) is 67.6 Å². The van der Waals surface area contributed by atoms with E-state index in [9.17, 15) is 24.3 Å². The van der Waals surface area contributed by atoms with Crippen LogP contribution in [0.15, 0.2) is 60.7 Å². The maximum Gasteiger partial charge on any atom is 0.412 e. The van der Waals surface area contributed by atoms with E-state index in [-0.39, 0.29) is 19.0 Å². The quantitative estimate of drug-likeness (QED) is 0.128. The van der Waals surface area contributed by atoms with Crippen LogP contribution in [-0.2, 0) is 34.2 Å². The molecule has 12 nitrogen and oxygen atoms in total.